The molecule has 0 aliphatic heterocycles. The highest BCUT2D eigenvalue weighted by atomic mass is 19.1. The largest absolute Gasteiger partial charge is 0.324 e. The van der Waals surface area contributed by atoms with E-state index in [9.17, 15) is 4.39 Å². The van der Waals surface area contributed by atoms with E-state index in [4.69, 9.17) is 5.73 Å². The SMILES string of the molecule is Cc1c([C@@H](C)N)cnn1-c1ccc(F)cc1. The predicted octanol–water partition coefficient (Wildman–Crippen LogP) is 2.34. The number of halogens is 1. The minimum Gasteiger partial charge on any atom is -0.324 e. The molecule has 0 aliphatic carbocycles. The third-order valence-electron chi connectivity index (χ3n) is 2.61. The Morgan fingerprint density at radius 3 is 2.44 bits per heavy atom. The van der Waals surface area contributed by atoms with E-state index < -0.39 is 0 Å². The topological polar surface area (TPSA) is 43.8 Å². The first kappa shape index (κ1) is 10.8. The molecule has 1 aromatic carbocycles. The van der Waals surface area contributed by atoms with Crippen molar-refractivity contribution in [1.29, 1.82) is 0 Å². The van der Waals surface area contributed by atoms with Crippen molar-refractivity contribution in [3.8, 4) is 5.69 Å². The third kappa shape index (κ3) is 1.84. The molecule has 0 radical (unpaired) electrons. The van der Waals surface area contributed by atoms with E-state index in [-0.39, 0.29) is 11.9 Å². The first-order chi connectivity index (χ1) is 7.59. The summed E-state index contributed by atoms with van der Waals surface area (Å²) in [5.74, 6) is -0.249. The maximum Gasteiger partial charge on any atom is 0.123 e. The zero-order valence-corrected chi connectivity index (χ0v) is 9.31. The zero-order valence-electron chi connectivity index (χ0n) is 9.31. The van der Waals surface area contributed by atoms with Crippen LogP contribution < -0.4 is 5.73 Å². The fraction of sp³-hybridized carbons (Fsp3) is 0.250. The highest BCUT2D eigenvalue weighted by Gasteiger charge is 2.10. The van der Waals surface area contributed by atoms with Crippen molar-refractivity contribution in [2.75, 3.05) is 0 Å². The Balaban J connectivity index is 2.45. The second-order valence-electron chi connectivity index (χ2n) is 3.86. The lowest BCUT2D eigenvalue weighted by atomic mass is 10.1. The Morgan fingerprint density at radius 1 is 1.31 bits per heavy atom. The van der Waals surface area contributed by atoms with Gasteiger partial charge in [0.25, 0.3) is 0 Å². The lowest BCUT2D eigenvalue weighted by molar-refractivity contribution is 0.627. The lowest BCUT2D eigenvalue weighted by Gasteiger charge is -2.07. The molecule has 0 saturated heterocycles. The van der Waals surface area contributed by atoms with Crippen molar-refractivity contribution in [1.82, 2.24) is 9.78 Å². The molecule has 1 atom stereocenters. The molecule has 2 aromatic rings. The summed E-state index contributed by atoms with van der Waals surface area (Å²) in [4.78, 5) is 0. The van der Waals surface area contributed by atoms with Gasteiger partial charge in [0.1, 0.15) is 5.82 Å². The van der Waals surface area contributed by atoms with Gasteiger partial charge in [0, 0.05) is 17.3 Å². The van der Waals surface area contributed by atoms with Crippen LogP contribution in [-0.2, 0) is 0 Å². The van der Waals surface area contributed by atoms with Crippen LogP contribution in [-0.4, -0.2) is 9.78 Å². The van der Waals surface area contributed by atoms with E-state index in [0.29, 0.717) is 0 Å². The Hall–Kier alpha value is -1.68. The lowest BCUT2D eigenvalue weighted by Crippen LogP contribution is -2.07. The predicted molar refractivity (Wildman–Crippen MR) is 60.9 cm³/mol. The summed E-state index contributed by atoms with van der Waals surface area (Å²) in [6.07, 6.45) is 1.75. The van der Waals surface area contributed by atoms with Crippen LogP contribution in [0.4, 0.5) is 4.39 Å². The number of rotatable bonds is 2. The van der Waals surface area contributed by atoms with Crippen LogP contribution in [0.5, 0.6) is 0 Å². The molecule has 4 heteroatoms. The number of benzene rings is 1. The number of hydrogen-bond acceptors (Lipinski definition) is 2. The summed E-state index contributed by atoms with van der Waals surface area (Å²) in [5, 5.41) is 4.25. The van der Waals surface area contributed by atoms with Crippen molar-refractivity contribution in [2.24, 2.45) is 5.73 Å². The molecule has 2 N–H and O–H groups in total. The average molecular weight is 219 g/mol. The molecule has 0 amide bonds. The minimum atomic E-state index is -0.249. The normalized spacial score (nSPS) is 12.8. The fourth-order valence-electron chi connectivity index (χ4n) is 1.71. The van der Waals surface area contributed by atoms with Crippen LogP contribution in [0.3, 0.4) is 0 Å². The standard InChI is InChI=1S/C12H14FN3/c1-8(14)12-7-15-16(9(12)2)11-5-3-10(13)4-6-11/h3-8H,14H2,1-2H3/t8-/m1/s1. The molecule has 2 rings (SSSR count). The molecular formula is C12H14FN3. The van der Waals surface area contributed by atoms with Gasteiger partial charge in [-0.25, -0.2) is 9.07 Å². The number of aromatic nitrogens is 2. The van der Waals surface area contributed by atoms with Crippen LogP contribution in [0.2, 0.25) is 0 Å². The van der Waals surface area contributed by atoms with Gasteiger partial charge in [-0.15, -0.1) is 0 Å². The first-order valence-electron chi connectivity index (χ1n) is 5.15. The van der Waals surface area contributed by atoms with Crippen LogP contribution >= 0.6 is 0 Å². The molecule has 84 valence electrons. The summed E-state index contributed by atoms with van der Waals surface area (Å²) >= 11 is 0. The molecular weight excluding hydrogens is 205 g/mol. The molecule has 0 bridgehead atoms. The van der Waals surface area contributed by atoms with Crippen molar-refractivity contribution < 1.29 is 4.39 Å². The quantitative estimate of drug-likeness (QED) is 0.842. The molecule has 0 aliphatic rings. The van der Waals surface area contributed by atoms with Crippen LogP contribution in [0, 0.1) is 12.7 Å². The van der Waals surface area contributed by atoms with Crippen molar-refractivity contribution in [3.05, 3.63) is 47.5 Å². The summed E-state index contributed by atoms with van der Waals surface area (Å²) in [5.41, 5.74) is 8.65. The molecule has 0 fully saturated rings. The highest BCUT2D eigenvalue weighted by Crippen LogP contribution is 2.18. The van der Waals surface area contributed by atoms with Crippen molar-refractivity contribution >= 4 is 0 Å². The van der Waals surface area contributed by atoms with E-state index in [1.807, 2.05) is 13.8 Å². The van der Waals surface area contributed by atoms with Crippen molar-refractivity contribution in [3.63, 3.8) is 0 Å². The van der Waals surface area contributed by atoms with Gasteiger partial charge in [-0.3, -0.25) is 0 Å². The van der Waals surface area contributed by atoms with Gasteiger partial charge < -0.3 is 5.73 Å². The van der Waals surface area contributed by atoms with Gasteiger partial charge in [-0.05, 0) is 38.1 Å². The third-order valence-corrected chi connectivity index (χ3v) is 2.61. The van der Waals surface area contributed by atoms with Gasteiger partial charge in [-0.2, -0.15) is 5.10 Å². The molecule has 0 spiro atoms. The summed E-state index contributed by atoms with van der Waals surface area (Å²) < 4.78 is 14.5. The van der Waals surface area contributed by atoms with E-state index in [0.717, 1.165) is 16.9 Å². The van der Waals surface area contributed by atoms with Gasteiger partial charge in [-0.1, -0.05) is 0 Å². The second-order valence-corrected chi connectivity index (χ2v) is 3.86. The fourth-order valence-corrected chi connectivity index (χ4v) is 1.71. The van der Waals surface area contributed by atoms with Gasteiger partial charge in [0.15, 0.2) is 0 Å². The summed E-state index contributed by atoms with van der Waals surface area (Å²) in [7, 11) is 0. The van der Waals surface area contributed by atoms with Crippen molar-refractivity contribution in [2.45, 2.75) is 19.9 Å². The van der Waals surface area contributed by atoms with E-state index >= 15 is 0 Å². The maximum atomic E-state index is 12.8. The number of hydrogen-bond donors (Lipinski definition) is 1. The first-order valence-corrected chi connectivity index (χ1v) is 5.15. The molecule has 3 nitrogen and oxygen atoms in total. The molecule has 1 aromatic heterocycles. The summed E-state index contributed by atoms with van der Waals surface area (Å²) in [6, 6.07) is 6.18. The molecule has 1 heterocycles. The second kappa shape index (κ2) is 4.06. The van der Waals surface area contributed by atoms with Crippen LogP contribution in [0.25, 0.3) is 5.69 Å². The smallest absolute Gasteiger partial charge is 0.123 e. The van der Waals surface area contributed by atoms with E-state index in [2.05, 4.69) is 5.10 Å². The molecule has 0 unspecified atom stereocenters. The summed E-state index contributed by atoms with van der Waals surface area (Å²) in [6.45, 7) is 3.87. The van der Waals surface area contributed by atoms with Crippen LogP contribution in [0.15, 0.2) is 30.5 Å². The Morgan fingerprint density at radius 2 is 1.94 bits per heavy atom. The monoisotopic (exact) mass is 219 g/mol. The van der Waals surface area contributed by atoms with E-state index in [1.165, 1.54) is 12.1 Å². The molecule has 0 saturated carbocycles. The van der Waals surface area contributed by atoms with E-state index in [1.54, 1.807) is 23.0 Å². The molecule has 16 heavy (non-hydrogen) atoms. The van der Waals surface area contributed by atoms with Gasteiger partial charge in [0.05, 0.1) is 11.9 Å². The average Bonchev–Trinajstić information content (AvgIpc) is 2.61. The van der Waals surface area contributed by atoms with Gasteiger partial charge >= 0.3 is 0 Å². The Kier molecular flexibility index (Phi) is 2.75. The number of nitrogens with zero attached hydrogens (tertiary/aromatic N) is 2. The number of nitrogens with two attached hydrogens (primary N) is 1. The maximum absolute atomic E-state index is 12.8. The highest BCUT2D eigenvalue weighted by molar-refractivity contribution is 5.35. The van der Waals surface area contributed by atoms with Gasteiger partial charge in [0.2, 0.25) is 0 Å². The Bertz CT molecular complexity index is 485. The minimum absolute atomic E-state index is 0.0470. The zero-order chi connectivity index (χ0) is 11.7. The Labute approximate surface area is 93.7 Å². The van der Waals surface area contributed by atoms with Crippen LogP contribution in [0.1, 0.15) is 24.2 Å².